The van der Waals surface area contributed by atoms with Crippen LogP contribution >= 0.6 is 0 Å². The smallest absolute Gasteiger partial charge is 0.407 e. The van der Waals surface area contributed by atoms with E-state index in [1.165, 1.54) is 0 Å². The maximum absolute atomic E-state index is 12.7. The highest BCUT2D eigenvalue weighted by atomic mass is 32.2. The molecule has 0 radical (unpaired) electrons. The Morgan fingerprint density at radius 2 is 1.97 bits per heavy atom. The van der Waals surface area contributed by atoms with Crippen LogP contribution in [0.4, 0.5) is 10.6 Å². The van der Waals surface area contributed by atoms with E-state index in [2.05, 4.69) is 20.8 Å². The summed E-state index contributed by atoms with van der Waals surface area (Å²) < 4.78 is 30.4. The van der Waals surface area contributed by atoms with E-state index in [-0.39, 0.29) is 40.5 Å². The van der Waals surface area contributed by atoms with Gasteiger partial charge < -0.3 is 15.4 Å². The number of anilines is 1. The fraction of sp³-hybridized carbons (Fsp3) is 0.522. The zero-order valence-corrected chi connectivity index (χ0v) is 19.5. The molecule has 2 fully saturated rings. The van der Waals surface area contributed by atoms with E-state index in [0.29, 0.717) is 30.8 Å². The van der Waals surface area contributed by atoms with Gasteiger partial charge in [0.2, 0.25) is 5.91 Å². The van der Waals surface area contributed by atoms with Crippen LogP contribution in [0.1, 0.15) is 62.6 Å². The van der Waals surface area contributed by atoms with Gasteiger partial charge in [0.15, 0.2) is 15.7 Å². The number of aromatic amines is 1. The molecular weight excluding hydrogens is 444 g/mol. The lowest BCUT2D eigenvalue weighted by Gasteiger charge is -2.12. The summed E-state index contributed by atoms with van der Waals surface area (Å²) in [5.41, 5.74) is 1.39. The number of hydrogen-bond donors (Lipinski definition) is 3. The van der Waals surface area contributed by atoms with Gasteiger partial charge in [0, 0.05) is 23.7 Å². The van der Waals surface area contributed by atoms with Crippen LogP contribution < -0.4 is 10.6 Å². The van der Waals surface area contributed by atoms with Gasteiger partial charge in [0.1, 0.15) is 0 Å². The molecule has 0 spiro atoms. The number of benzene rings is 1. The third-order valence-corrected chi connectivity index (χ3v) is 8.45. The van der Waals surface area contributed by atoms with Crippen molar-refractivity contribution in [2.75, 3.05) is 11.9 Å². The second-order valence-corrected chi connectivity index (χ2v) is 11.0. The second kappa shape index (κ2) is 9.94. The van der Waals surface area contributed by atoms with Crippen LogP contribution in [0, 0.1) is 0 Å². The molecule has 1 heterocycles. The molecule has 0 bridgehead atoms. The van der Waals surface area contributed by atoms with Crippen molar-refractivity contribution in [3.8, 4) is 0 Å². The van der Waals surface area contributed by atoms with Crippen LogP contribution in [-0.4, -0.2) is 48.5 Å². The Labute approximate surface area is 193 Å². The summed E-state index contributed by atoms with van der Waals surface area (Å²) in [4.78, 5) is 24.6. The van der Waals surface area contributed by atoms with Gasteiger partial charge in [-0.15, -0.1) is 0 Å². The van der Waals surface area contributed by atoms with Crippen molar-refractivity contribution in [3.63, 3.8) is 0 Å². The quantitative estimate of drug-likeness (QED) is 0.511. The molecular formula is C23H30N4O5S. The summed E-state index contributed by atoms with van der Waals surface area (Å²) in [6.45, 7) is 2.35. The van der Waals surface area contributed by atoms with Crippen LogP contribution in [0.15, 0.2) is 35.2 Å². The first-order valence-electron chi connectivity index (χ1n) is 11.5. The number of ether oxygens (including phenoxy) is 1. The molecule has 4 rings (SSSR count). The van der Waals surface area contributed by atoms with E-state index in [1.807, 2.05) is 6.92 Å². The number of carbonyl (C=O) groups is 2. The lowest BCUT2D eigenvalue weighted by molar-refractivity contribution is -0.115. The van der Waals surface area contributed by atoms with Crippen molar-refractivity contribution >= 4 is 27.7 Å². The monoisotopic (exact) mass is 474 g/mol. The van der Waals surface area contributed by atoms with Gasteiger partial charge in [-0.3, -0.25) is 9.89 Å². The third-order valence-electron chi connectivity index (χ3n) is 6.09. The van der Waals surface area contributed by atoms with Crippen LogP contribution in [0.25, 0.3) is 0 Å². The summed E-state index contributed by atoms with van der Waals surface area (Å²) in [6, 6.07) is 8.53. The molecule has 2 amide bonds. The number of nitrogens with zero attached hydrogens (tertiary/aromatic N) is 1. The summed E-state index contributed by atoms with van der Waals surface area (Å²) in [6.07, 6.45) is 4.21. The molecule has 2 aliphatic rings. The predicted molar refractivity (Wildman–Crippen MR) is 123 cm³/mol. The summed E-state index contributed by atoms with van der Waals surface area (Å²) in [5, 5.41) is 12.5. The van der Waals surface area contributed by atoms with E-state index >= 15 is 0 Å². The van der Waals surface area contributed by atoms with Gasteiger partial charge in [-0.25, -0.2) is 13.2 Å². The van der Waals surface area contributed by atoms with Crippen molar-refractivity contribution in [1.82, 2.24) is 15.5 Å². The maximum Gasteiger partial charge on any atom is 0.407 e. The largest absolute Gasteiger partial charge is 0.450 e. The first-order valence-corrected chi connectivity index (χ1v) is 13.0. The highest BCUT2D eigenvalue weighted by Crippen LogP contribution is 2.36. The Hall–Kier alpha value is -2.88. The number of alkyl carbamates (subject to hydrolysis) is 1. The molecule has 0 unspecified atom stereocenters. The van der Waals surface area contributed by atoms with Crippen molar-refractivity contribution < 1.29 is 22.7 Å². The average molecular weight is 475 g/mol. The highest BCUT2D eigenvalue weighted by Gasteiger charge is 2.38. The highest BCUT2D eigenvalue weighted by molar-refractivity contribution is 7.92. The zero-order chi connectivity index (χ0) is 23.4. The molecule has 10 heteroatoms. The Bertz CT molecular complexity index is 1110. The summed E-state index contributed by atoms with van der Waals surface area (Å²) in [5.74, 6) is 0.275. The fourth-order valence-electron chi connectivity index (χ4n) is 4.25. The number of carbonyl (C=O) groups excluding carboxylic acids is 2. The number of hydrogen-bond acceptors (Lipinski definition) is 6. The van der Waals surface area contributed by atoms with Gasteiger partial charge in [-0.05, 0) is 50.2 Å². The Kier molecular flexibility index (Phi) is 7.02. The SMILES string of the molecule is CCCOC(=O)N[C@@H]1CC[C@H](c2cc(NC(=O)Cc3ccccc3S(=O)(=O)C3CC3)n[nH]2)C1. The van der Waals surface area contributed by atoms with E-state index in [4.69, 9.17) is 4.74 Å². The van der Waals surface area contributed by atoms with Crippen molar-refractivity contribution in [1.29, 1.82) is 0 Å². The minimum absolute atomic E-state index is 0.0421. The second-order valence-electron chi connectivity index (χ2n) is 8.77. The topological polar surface area (TPSA) is 130 Å². The normalized spacial score (nSPS) is 20.4. The van der Waals surface area contributed by atoms with Crippen molar-refractivity contribution in [2.24, 2.45) is 0 Å². The molecule has 2 saturated carbocycles. The van der Waals surface area contributed by atoms with Crippen LogP contribution in [-0.2, 0) is 25.8 Å². The molecule has 9 nitrogen and oxygen atoms in total. The van der Waals surface area contributed by atoms with Crippen molar-refractivity contribution in [2.45, 2.75) is 74.0 Å². The van der Waals surface area contributed by atoms with Crippen LogP contribution in [0.2, 0.25) is 0 Å². The predicted octanol–water partition coefficient (Wildman–Crippen LogP) is 3.30. The van der Waals surface area contributed by atoms with Gasteiger partial charge >= 0.3 is 6.09 Å². The van der Waals surface area contributed by atoms with E-state index < -0.39 is 9.84 Å². The Morgan fingerprint density at radius 1 is 1.18 bits per heavy atom. The maximum atomic E-state index is 12.7. The van der Waals surface area contributed by atoms with E-state index in [1.54, 1.807) is 30.3 Å². The number of H-pyrrole nitrogens is 1. The van der Waals surface area contributed by atoms with Gasteiger partial charge in [-0.2, -0.15) is 5.10 Å². The van der Waals surface area contributed by atoms with Gasteiger partial charge in [0.05, 0.1) is 23.2 Å². The number of amides is 2. The first kappa shape index (κ1) is 23.3. The molecule has 178 valence electrons. The summed E-state index contributed by atoms with van der Waals surface area (Å²) in [7, 11) is -3.38. The van der Waals surface area contributed by atoms with Gasteiger partial charge in [-0.1, -0.05) is 25.1 Å². The molecule has 2 aliphatic carbocycles. The zero-order valence-electron chi connectivity index (χ0n) is 18.7. The molecule has 0 aliphatic heterocycles. The van der Waals surface area contributed by atoms with Crippen LogP contribution in [0.5, 0.6) is 0 Å². The molecule has 3 N–H and O–H groups in total. The lowest BCUT2D eigenvalue weighted by atomic mass is 10.0. The molecule has 33 heavy (non-hydrogen) atoms. The average Bonchev–Trinajstić information content (AvgIpc) is 3.40. The molecule has 1 aromatic carbocycles. The van der Waals surface area contributed by atoms with Gasteiger partial charge in [0.25, 0.3) is 0 Å². The standard InChI is InChI=1S/C23H30N4O5S/c1-2-11-32-23(29)24-17-8-7-15(12-17)19-14-21(27-26-19)25-22(28)13-16-5-3-4-6-20(16)33(30,31)18-9-10-18/h3-6,14-15,17-18H,2,7-13H2,1H3,(H,24,29)(H2,25,26,27,28)/t15-,17+/m0/s1. The van der Waals surface area contributed by atoms with Crippen molar-refractivity contribution in [3.05, 3.63) is 41.6 Å². The van der Waals surface area contributed by atoms with E-state index in [9.17, 15) is 18.0 Å². The third kappa shape index (κ3) is 5.73. The Balaban J connectivity index is 1.33. The van der Waals surface area contributed by atoms with Crippen LogP contribution in [0.3, 0.4) is 0 Å². The molecule has 2 atom stereocenters. The molecule has 1 aromatic heterocycles. The minimum Gasteiger partial charge on any atom is -0.450 e. The number of sulfone groups is 1. The van der Waals surface area contributed by atoms with E-state index in [0.717, 1.165) is 31.4 Å². The fourth-order valence-corrected chi connectivity index (χ4v) is 6.14. The number of aromatic nitrogens is 2. The summed E-state index contributed by atoms with van der Waals surface area (Å²) >= 11 is 0. The number of rotatable bonds is 9. The Morgan fingerprint density at radius 3 is 2.73 bits per heavy atom. The number of nitrogens with one attached hydrogen (secondary N) is 3. The molecule has 0 saturated heterocycles. The minimum atomic E-state index is -3.38. The lowest BCUT2D eigenvalue weighted by Crippen LogP contribution is -2.33. The molecule has 2 aromatic rings. The first-order chi connectivity index (χ1) is 15.9.